The standard InChI is InChI=1S/C13H14F3N3O3/c1-19-7-6-9(11(19)20)18-12(21)17-8-4-2-3-5-10(8)22-13(14,15)16/h2-5,9H,6-7H2,1H3,(H2,17,18,21)/t9-/m1/s1. The lowest BCUT2D eigenvalue weighted by molar-refractivity contribution is -0.274. The first-order valence-electron chi connectivity index (χ1n) is 6.43. The molecule has 1 aromatic carbocycles. The number of carbonyl (C=O) groups excluding carboxylic acids is 2. The average Bonchev–Trinajstić information content (AvgIpc) is 2.71. The second-order valence-electron chi connectivity index (χ2n) is 4.74. The van der Waals surface area contributed by atoms with E-state index < -0.39 is 24.2 Å². The quantitative estimate of drug-likeness (QED) is 0.895. The smallest absolute Gasteiger partial charge is 0.404 e. The fourth-order valence-electron chi connectivity index (χ4n) is 2.06. The molecule has 6 nitrogen and oxygen atoms in total. The molecule has 1 atom stereocenters. The lowest BCUT2D eigenvalue weighted by atomic mass is 10.2. The number of likely N-dealkylation sites (tertiary alicyclic amines) is 1. The topological polar surface area (TPSA) is 70.7 Å². The number of alkyl halides is 3. The molecule has 1 saturated heterocycles. The molecule has 3 amide bonds. The Kier molecular flexibility index (Phi) is 4.43. The van der Waals surface area contributed by atoms with Crippen molar-refractivity contribution in [1.82, 2.24) is 10.2 Å². The van der Waals surface area contributed by atoms with Gasteiger partial charge in [0.2, 0.25) is 5.91 Å². The fraction of sp³-hybridized carbons (Fsp3) is 0.385. The number of rotatable bonds is 3. The largest absolute Gasteiger partial charge is 0.573 e. The highest BCUT2D eigenvalue weighted by molar-refractivity contribution is 5.95. The van der Waals surface area contributed by atoms with Gasteiger partial charge in [-0.15, -0.1) is 13.2 Å². The number of hydrogen-bond acceptors (Lipinski definition) is 3. The number of nitrogens with zero attached hydrogens (tertiary/aromatic N) is 1. The highest BCUT2D eigenvalue weighted by Crippen LogP contribution is 2.29. The zero-order valence-corrected chi connectivity index (χ0v) is 11.6. The molecule has 2 rings (SSSR count). The Morgan fingerprint density at radius 3 is 2.64 bits per heavy atom. The van der Waals surface area contributed by atoms with Crippen LogP contribution in [0.1, 0.15) is 6.42 Å². The summed E-state index contributed by atoms with van der Waals surface area (Å²) in [6.07, 6.45) is -4.41. The molecule has 1 fully saturated rings. The van der Waals surface area contributed by atoms with Crippen molar-refractivity contribution in [2.45, 2.75) is 18.8 Å². The number of halogens is 3. The highest BCUT2D eigenvalue weighted by atomic mass is 19.4. The lowest BCUT2D eigenvalue weighted by Crippen LogP contribution is -2.42. The van der Waals surface area contributed by atoms with Gasteiger partial charge < -0.3 is 20.3 Å². The van der Waals surface area contributed by atoms with Crippen LogP contribution < -0.4 is 15.4 Å². The molecular formula is C13H14F3N3O3. The normalized spacial score (nSPS) is 18.3. The number of likely N-dealkylation sites (N-methyl/N-ethyl adjacent to an activating group) is 1. The van der Waals surface area contributed by atoms with Gasteiger partial charge in [0.25, 0.3) is 0 Å². The van der Waals surface area contributed by atoms with Crippen LogP contribution in [0.2, 0.25) is 0 Å². The summed E-state index contributed by atoms with van der Waals surface area (Å²) < 4.78 is 40.7. The SMILES string of the molecule is CN1CC[C@@H](NC(=O)Nc2ccccc2OC(F)(F)F)C1=O. The van der Waals surface area contributed by atoms with Crippen LogP contribution >= 0.6 is 0 Å². The van der Waals surface area contributed by atoms with Crippen LogP contribution in [0, 0.1) is 0 Å². The molecule has 1 aliphatic heterocycles. The van der Waals surface area contributed by atoms with E-state index in [0.717, 1.165) is 6.07 Å². The van der Waals surface area contributed by atoms with E-state index in [1.807, 2.05) is 0 Å². The first-order valence-corrected chi connectivity index (χ1v) is 6.43. The second kappa shape index (κ2) is 6.12. The first-order chi connectivity index (χ1) is 10.3. The van der Waals surface area contributed by atoms with Gasteiger partial charge in [0.05, 0.1) is 5.69 Å². The molecule has 120 valence electrons. The molecule has 1 aliphatic rings. The molecule has 9 heteroatoms. The third kappa shape index (κ3) is 4.03. The Balaban J connectivity index is 2.01. The van der Waals surface area contributed by atoms with Crippen LogP contribution in [0.5, 0.6) is 5.75 Å². The summed E-state index contributed by atoms with van der Waals surface area (Å²) in [5, 5.41) is 4.67. The van der Waals surface area contributed by atoms with Crippen LogP contribution in [0.3, 0.4) is 0 Å². The Hall–Kier alpha value is -2.45. The van der Waals surface area contributed by atoms with Crippen molar-refractivity contribution >= 4 is 17.6 Å². The Bertz CT molecular complexity index is 577. The third-order valence-corrected chi connectivity index (χ3v) is 3.09. The predicted octanol–water partition coefficient (Wildman–Crippen LogP) is 1.94. The summed E-state index contributed by atoms with van der Waals surface area (Å²) in [7, 11) is 1.61. The Morgan fingerprint density at radius 1 is 1.36 bits per heavy atom. The van der Waals surface area contributed by atoms with E-state index in [1.165, 1.54) is 23.1 Å². The molecule has 2 N–H and O–H groups in total. The third-order valence-electron chi connectivity index (χ3n) is 3.09. The summed E-state index contributed by atoms with van der Waals surface area (Å²) >= 11 is 0. The highest BCUT2D eigenvalue weighted by Gasteiger charge is 2.33. The summed E-state index contributed by atoms with van der Waals surface area (Å²) in [5.74, 6) is -0.769. The molecule has 22 heavy (non-hydrogen) atoms. The zero-order valence-electron chi connectivity index (χ0n) is 11.6. The number of nitrogens with one attached hydrogen (secondary N) is 2. The number of para-hydroxylation sites is 2. The number of anilines is 1. The van der Waals surface area contributed by atoms with E-state index in [0.29, 0.717) is 13.0 Å². The number of urea groups is 1. The van der Waals surface area contributed by atoms with E-state index in [4.69, 9.17) is 0 Å². The van der Waals surface area contributed by atoms with Gasteiger partial charge in [-0.3, -0.25) is 4.79 Å². The predicted molar refractivity (Wildman–Crippen MR) is 71.3 cm³/mol. The zero-order chi connectivity index (χ0) is 16.3. The van der Waals surface area contributed by atoms with Crippen molar-refractivity contribution in [2.75, 3.05) is 18.9 Å². The Labute approximate surface area is 124 Å². The van der Waals surface area contributed by atoms with Crippen LogP contribution in [-0.4, -0.2) is 42.8 Å². The molecule has 0 radical (unpaired) electrons. The van der Waals surface area contributed by atoms with Gasteiger partial charge in [0.1, 0.15) is 6.04 Å². The van der Waals surface area contributed by atoms with Gasteiger partial charge in [-0.05, 0) is 18.6 Å². The number of amides is 3. The molecule has 0 spiro atoms. The van der Waals surface area contributed by atoms with E-state index in [1.54, 1.807) is 7.05 Å². The van der Waals surface area contributed by atoms with E-state index in [2.05, 4.69) is 15.4 Å². The average molecular weight is 317 g/mol. The molecule has 0 saturated carbocycles. The Morgan fingerprint density at radius 2 is 2.05 bits per heavy atom. The summed E-state index contributed by atoms with van der Waals surface area (Å²) in [6.45, 7) is 0.511. The van der Waals surface area contributed by atoms with Crippen LogP contribution in [0.4, 0.5) is 23.7 Å². The monoisotopic (exact) mass is 317 g/mol. The second-order valence-corrected chi connectivity index (χ2v) is 4.74. The molecule has 0 aromatic heterocycles. The number of carbonyl (C=O) groups is 2. The van der Waals surface area contributed by atoms with Gasteiger partial charge in [-0.25, -0.2) is 4.79 Å². The van der Waals surface area contributed by atoms with Crippen LogP contribution in [0.25, 0.3) is 0 Å². The maximum absolute atomic E-state index is 12.3. The summed E-state index contributed by atoms with van der Waals surface area (Å²) in [5.41, 5.74) is -0.142. The molecular weight excluding hydrogens is 303 g/mol. The van der Waals surface area contributed by atoms with Crippen LogP contribution in [0.15, 0.2) is 24.3 Å². The van der Waals surface area contributed by atoms with Gasteiger partial charge >= 0.3 is 12.4 Å². The van der Waals surface area contributed by atoms with Gasteiger partial charge in [0, 0.05) is 13.6 Å². The van der Waals surface area contributed by atoms with Crippen molar-refractivity contribution in [2.24, 2.45) is 0 Å². The lowest BCUT2D eigenvalue weighted by Gasteiger charge is -2.16. The van der Waals surface area contributed by atoms with Crippen molar-refractivity contribution in [3.63, 3.8) is 0 Å². The van der Waals surface area contributed by atoms with Gasteiger partial charge in [-0.1, -0.05) is 12.1 Å². The van der Waals surface area contributed by atoms with Gasteiger partial charge in [0.15, 0.2) is 5.75 Å². The van der Waals surface area contributed by atoms with E-state index >= 15 is 0 Å². The van der Waals surface area contributed by atoms with Crippen molar-refractivity contribution in [3.05, 3.63) is 24.3 Å². The van der Waals surface area contributed by atoms with Crippen LogP contribution in [-0.2, 0) is 4.79 Å². The van der Waals surface area contributed by atoms with E-state index in [-0.39, 0.29) is 11.6 Å². The molecule has 0 bridgehead atoms. The fourth-order valence-corrected chi connectivity index (χ4v) is 2.06. The first kappa shape index (κ1) is 15.9. The van der Waals surface area contributed by atoms with Crippen molar-refractivity contribution < 1.29 is 27.5 Å². The summed E-state index contributed by atoms with van der Waals surface area (Å²) in [6, 6.07) is 3.70. The molecule has 1 heterocycles. The molecule has 0 unspecified atom stereocenters. The minimum Gasteiger partial charge on any atom is -0.404 e. The maximum Gasteiger partial charge on any atom is 0.573 e. The number of hydrogen-bond donors (Lipinski definition) is 2. The van der Waals surface area contributed by atoms with Crippen molar-refractivity contribution in [1.29, 1.82) is 0 Å². The minimum atomic E-state index is -4.86. The maximum atomic E-state index is 12.3. The van der Waals surface area contributed by atoms with Gasteiger partial charge in [-0.2, -0.15) is 0 Å². The number of ether oxygens (including phenoxy) is 1. The van der Waals surface area contributed by atoms with E-state index in [9.17, 15) is 22.8 Å². The minimum absolute atomic E-state index is 0.142. The molecule has 1 aromatic rings. The molecule has 0 aliphatic carbocycles. The number of benzene rings is 1. The van der Waals surface area contributed by atoms with Crippen molar-refractivity contribution in [3.8, 4) is 5.75 Å². The summed E-state index contributed by atoms with van der Waals surface area (Å²) in [4.78, 5) is 24.9.